The number of anilines is 1. The lowest BCUT2D eigenvalue weighted by Crippen LogP contribution is -2.21. The van der Waals surface area contributed by atoms with E-state index in [1.165, 1.54) is 12.8 Å². The van der Waals surface area contributed by atoms with Crippen molar-refractivity contribution in [2.75, 3.05) is 18.0 Å². The third-order valence-corrected chi connectivity index (χ3v) is 3.93. The Balaban J connectivity index is 1.49. The molecule has 1 aliphatic rings. The first-order valence-corrected chi connectivity index (χ1v) is 8.02. The van der Waals surface area contributed by atoms with Crippen LogP contribution in [0.15, 0.2) is 54.7 Å². The van der Waals surface area contributed by atoms with E-state index in [1.807, 2.05) is 54.7 Å². The van der Waals surface area contributed by atoms with Crippen LogP contribution in [0.3, 0.4) is 0 Å². The molecule has 2 aromatic rings. The molecule has 1 amide bonds. The molecular formula is C19H21N3O. The molecule has 0 unspecified atom stereocenters. The fourth-order valence-electron chi connectivity index (χ4n) is 2.64. The molecule has 118 valence electrons. The van der Waals surface area contributed by atoms with Gasteiger partial charge in [0.1, 0.15) is 5.82 Å². The first-order chi connectivity index (χ1) is 11.3. The van der Waals surface area contributed by atoms with Gasteiger partial charge in [0.05, 0.1) is 0 Å². The normalized spacial score (nSPS) is 14.3. The molecule has 1 aromatic carbocycles. The van der Waals surface area contributed by atoms with E-state index in [0.717, 1.165) is 30.0 Å². The summed E-state index contributed by atoms with van der Waals surface area (Å²) in [5.41, 5.74) is 2.02. The van der Waals surface area contributed by atoms with Crippen molar-refractivity contribution in [2.24, 2.45) is 0 Å². The minimum atomic E-state index is -0.0996. The summed E-state index contributed by atoms with van der Waals surface area (Å²) in [7, 11) is 0. The molecule has 2 heterocycles. The van der Waals surface area contributed by atoms with Crippen molar-refractivity contribution in [3.05, 3.63) is 65.9 Å². The Kier molecular flexibility index (Phi) is 5.04. The van der Waals surface area contributed by atoms with Crippen LogP contribution in [0.25, 0.3) is 6.08 Å². The molecule has 1 aliphatic heterocycles. The molecule has 0 saturated carbocycles. The van der Waals surface area contributed by atoms with E-state index >= 15 is 0 Å². The van der Waals surface area contributed by atoms with Crippen molar-refractivity contribution < 1.29 is 4.79 Å². The van der Waals surface area contributed by atoms with Crippen molar-refractivity contribution >= 4 is 17.8 Å². The highest BCUT2D eigenvalue weighted by Crippen LogP contribution is 2.17. The molecule has 0 aliphatic carbocycles. The minimum absolute atomic E-state index is 0.0996. The zero-order valence-corrected chi connectivity index (χ0v) is 13.1. The van der Waals surface area contributed by atoms with Crippen molar-refractivity contribution in [2.45, 2.75) is 19.4 Å². The highest BCUT2D eigenvalue weighted by molar-refractivity contribution is 5.91. The topological polar surface area (TPSA) is 45.2 Å². The number of nitrogens with zero attached hydrogens (tertiary/aromatic N) is 2. The fourth-order valence-corrected chi connectivity index (χ4v) is 2.64. The number of pyridine rings is 1. The second kappa shape index (κ2) is 7.58. The van der Waals surface area contributed by atoms with Crippen LogP contribution in [-0.2, 0) is 11.3 Å². The van der Waals surface area contributed by atoms with Crippen molar-refractivity contribution in [1.29, 1.82) is 0 Å². The molecule has 1 N–H and O–H groups in total. The maximum atomic E-state index is 11.8. The van der Waals surface area contributed by atoms with Crippen LogP contribution in [0.2, 0.25) is 0 Å². The van der Waals surface area contributed by atoms with Crippen LogP contribution in [0.1, 0.15) is 24.0 Å². The van der Waals surface area contributed by atoms with E-state index in [-0.39, 0.29) is 5.91 Å². The Morgan fingerprint density at radius 2 is 1.91 bits per heavy atom. The second-order valence-electron chi connectivity index (χ2n) is 5.68. The van der Waals surface area contributed by atoms with Gasteiger partial charge in [-0.2, -0.15) is 0 Å². The minimum Gasteiger partial charge on any atom is -0.357 e. The van der Waals surface area contributed by atoms with E-state index in [0.29, 0.717) is 6.54 Å². The summed E-state index contributed by atoms with van der Waals surface area (Å²) in [5.74, 6) is 0.930. The number of nitrogens with one attached hydrogen (secondary N) is 1. The van der Waals surface area contributed by atoms with Gasteiger partial charge >= 0.3 is 0 Å². The third-order valence-electron chi connectivity index (χ3n) is 3.93. The highest BCUT2D eigenvalue weighted by Gasteiger charge is 2.12. The molecular weight excluding hydrogens is 286 g/mol. The highest BCUT2D eigenvalue weighted by atomic mass is 16.1. The Bertz CT molecular complexity index is 659. The van der Waals surface area contributed by atoms with Crippen LogP contribution >= 0.6 is 0 Å². The molecule has 0 bridgehead atoms. The number of hydrogen-bond acceptors (Lipinski definition) is 3. The average Bonchev–Trinajstić information content (AvgIpc) is 3.14. The Hall–Kier alpha value is -2.62. The first-order valence-electron chi connectivity index (χ1n) is 8.02. The predicted molar refractivity (Wildman–Crippen MR) is 93.0 cm³/mol. The summed E-state index contributed by atoms with van der Waals surface area (Å²) in [4.78, 5) is 18.6. The van der Waals surface area contributed by atoms with Crippen molar-refractivity contribution in [1.82, 2.24) is 10.3 Å². The van der Waals surface area contributed by atoms with Gasteiger partial charge in [0.25, 0.3) is 0 Å². The molecule has 0 radical (unpaired) electrons. The maximum absolute atomic E-state index is 11.8. The summed E-state index contributed by atoms with van der Waals surface area (Å²) in [6.07, 6.45) is 7.70. The second-order valence-corrected chi connectivity index (χ2v) is 5.68. The van der Waals surface area contributed by atoms with Crippen molar-refractivity contribution in [3.63, 3.8) is 0 Å². The summed E-state index contributed by atoms with van der Waals surface area (Å²) in [5, 5.41) is 2.88. The molecule has 0 atom stereocenters. The number of carbonyl (C=O) groups excluding carboxylic acids is 1. The van der Waals surface area contributed by atoms with E-state index in [9.17, 15) is 4.79 Å². The molecule has 4 heteroatoms. The molecule has 4 nitrogen and oxygen atoms in total. The largest absolute Gasteiger partial charge is 0.357 e. The van der Waals surface area contributed by atoms with Gasteiger partial charge in [0.2, 0.25) is 5.91 Å². The van der Waals surface area contributed by atoms with Crippen LogP contribution in [0.4, 0.5) is 5.82 Å². The lowest BCUT2D eigenvalue weighted by Gasteiger charge is -2.16. The number of rotatable bonds is 5. The van der Waals surface area contributed by atoms with Gasteiger partial charge in [-0.25, -0.2) is 4.98 Å². The smallest absolute Gasteiger partial charge is 0.244 e. The van der Waals surface area contributed by atoms with Gasteiger partial charge in [0, 0.05) is 31.9 Å². The van der Waals surface area contributed by atoms with E-state index in [1.54, 1.807) is 6.08 Å². The number of amides is 1. The van der Waals surface area contributed by atoms with Gasteiger partial charge in [0.15, 0.2) is 0 Å². The van der Waals surface area contributed by atoms with Gasteiger partial charge in [-0.1, -0.05) is 36.4 Å². The number of benzene rings is 1. The fraction of sp³-hybridized carbons (Fsp3) is 0.263. The zero-order chi connectivity index (χ0) is 15.9. The Morgan fingerprint density at radius 1 is 1.13 bits per heavy atom. The monoisotopic (exact) mass is 307 g/mol. The number of hydrogen-bond donors (Lipinski definition) is 1. The van der Waals surface area contributed by atoms with Crippen molar-refractivity contribution in [3.8, 4) is 0 Å². The molecule has 1 saturated heterocycles. The first kappa shape index (κ1) is 15.3. The molecule has 23 heavy (non-hydrogen) atoms. The number of carbonyl (C=O) groups is 1. The third kappa shape index (κ3) is 4.42. The summed E-state index contributed by atoms with van der Waals surface area (Å²) in [6, 6.07) is 13.8. The lowest BCUT2D eigenvalue weighted by atomic mass is 10.2. The van der Waals surface area contributed by atoms with Crippen LogP contribution in [0, 0.1) is 0 Å². The summed E-state index contributed by atoms with van der Waals surface area (Å²) in [6.45, 7) is 2.67. The Morgan fingerprint density at radius 3 is 2.61 bits per heavy atom. The molecule has 1 aromatic heterocycles. The van der Waals surface area contributed by atoms with Gasteiger partial charge in [-0.15, -0.1) is 0 Å². The van der Waals surface area contributed by atoms with Crippen LogP contribution < -0.4 is 10.2 Å². The van der Waals surface area contributed by atoms with Gasteiger partial charge in [-0.3, -0.25) is 4.79 Å². The Labute approximate surface area is 136 Å². The van der Waals surface area contributed by atoms with E-state index < -0.39 is 0 Å². The summed E-state index contributed by atoms with van der Waals surface area (Å²) < 4.78 is 0. The van der Waals surface area contributed by atoms with Gasteiger partial charge < -0.3 is 10.2 Å². The summed E-state index contributed by atoms with van der Waals surface area (Å²) >= 11 is 0. The molecule has 3 rings (SSSR count). The van der Waals surface area contributed by atoms with Crippen LogP contribution in [-0.4, -0.2) is 24.0 Å². The van der Waals surface area contributed by atoms with Gasteiger partial charge in [-0.05, 0) is 36.1 Å². The lowest BCUT2D eigenvalue weighted by molar-refractivity contribution is -0.116. The van der Waals surface area contributed by atoms with E-state index in [4.69, 9.17) is 0 Å². The average molecular weight is 307 g/mol. The molecule has 1 fully saturated rings. The zero-order valence-electron chi connectivity index (χ0n) is 13.1. The number of aromatic nitrogens is 1. The quantitative estimate of drug-likeness (QED) is 0.864. The maximum Gasteiger partial charge on any atom is 0.244 e. The SMILES string of the molecule is O=C(C=Cc1ccccc1)NCc1ccc(N2CCCC2)nc1. The standard InChI is InChI=1S/C19H21N3O/c23-19(11-9-16-6-2-1-3-7-16)21-15-17-8-10-18(20-14-17)22-12-4-5-13-22/h1-3,6-11,14H,4-5,12-13,15H2,(H,21,23). The van der Waals surface area contributed by atoms with E-state index in [2.05, 4.69) is 15.2 Å². The predicted octanol–water partition coefficient (Wildman–Crippen LogP) is 3.01. The molecule has 0 spiro atoms. The van der Waals surface area contributed by atoms with Crippen LogP contribution in [0.5, 0.6) is 0 Å².